The van der Waals surface area contributed by atoms with Gasteiger partial charge in [0, 0.05) is 21.7 Å². The second kappa shape index (κ2) is 7.49. The number of benzene rings is 2. The lowest BCUT2D eigenvalue weighted by Gasteiger charge is -2.06. The molecule has 2 aromatic rings. The maximum absolute atomic E-state index is 11.9. The molecule has 0 aliphatic carbocycles. The maximum Gasteiger partial charge on any atom is 0.289 e. The van der Waals surface area contributed by atoms with Crippen LogP contribution >= 0.6 is 35.0 Å². The Kier molecular flexibility index (Phi) is 5.65. The van der Waals surface area contributed by atoms with E-state index in [9.17, 15) is 14.9 Å². The van der Waals surface area contributed by atoms with Crippen LogP contribution in [-0.2, 0) is 4.79 Å². The Balaban J connectivity index is 1.96. The van der Waals surface area contributed by atoms with Gasteiger partial charge in [-0.15, -0.1) is 11.8 Å². The van der Waals surface area contributed by atoms with Crippen molar-refractivity contribution in [2.75, 3.05) is 11.1 Å². The summed E-state index contributed by atoms with van der Waals surface area (Å²) < 4.78 is 0. The monoisotopic (exact) mass is 356 g/mol. The van der Waals surface area contributed by atoms with Gasteiger partial charge in [-0.1, -0.05) is 23.2 Å². The number of nitro groups is 1. The fourth-order valence-corrected chi connectivity index (χ4v) is 2.62. The van der Waals surface area contributed by atoms with Crippen LogP contribution in [0.3, 0.4) is 0 Å². The van der Waals surface area contributed by atoms with Crippen LogP contribution in [0.5, 0.6) is 0 Å². The number of hydrogen-bond donors (Lipinski definition) is 1. The molecule has 22 heavy (non-hydrogen) atoms. The zero-order chi connectivity index (χ0) is 16.1. The van der Waals surface area contributed by atoms with Gasteiger partial charge in [0.2, 0.25) is 5.91 Å². The fraction of sp³-hybridized carbons (Fsp3) is 0.0714. The Bertz CT molecular complexity index is 708. The topological polar surface area (TPSA) is 72.2 Å². The number of carbonyl (C=O) groups is 1. The minimum Gasteiger partial charge on any atom is -0.325 e. The molecule has 0 fully saturated rings. The first-order chi connectivity index (χ1) is 10.5. The molecular weight excluding hydrogens is 347 g/mol. The summed E-state index contributed by atoms with van der Waals surface area (Å²) in [7, 11) is 0. The first-order valence-corrected chi connectivity index (χ1v) is 7.82. The van der Waals surface area contributed by atoms with Crippen LogP contribution in [0, 0.1) is 10.1 Å². The smallest absolute Gasteiger partial charge is 0.289 e. The molecule has 5 nitrogen and oxygen atoms in total. The number of amides is 1. The number of rotatable bonds is 5. The molecule has 114 valence electrons. The highest BCUT2D eigenvalue weighted by Gasteiger charge is 2.14. The van der Waals surface area contributed by atoms with Gasteiger partial charge >= 0.3 is 0 Å². The maximum atomic E-state index is 11.9. The van der Waals surface area contributed by atoms with E-state index in [4.69, 9.17) is 23.2 Å². The van der Waals surface area contributed by atoms with E-state index >= 15 is 0 Å². The van der Waals surface area contributed by atoms with E-state index < -0.39 is 4.92 Å². The second-order valence-electron chi connectivity index (χ2n) is 4.21. The summed E-state index contributed by atoms with van der Waals surface area (Å²) in [5.74, 6) is -0.0884. The minimum atomic E-state index is -0.597. The molecule has 0 aromatic heterocycles. The first kappa shape index (κ1) is 16.6. The van der Waals surface area contributed by atoms with Gasteiger partial charge in [-0.05, 0) is 36.4 Å². The van der Waals surface area contributed by atoms with Crippen molar-refractivity contribution in [2.24, 2.45) is 0 Å². The summed E-state index contributed by atoms with van der Waals surface area (Å²) in [6, 6.07) is 11.2. The van der Waals surface area contributed by atoms with E-state index in [1.165, 1.54) is 30.0 Å². The molecule has 0 unspecified atom stereocenters. The van der Waals surface area contributed by atoms with Gasteiger partial charge in [-0.3, -0.25) is 14.9 Å². The zero-order valence-corrected chi connectivity index (χ0v) is 13.4. The Hall–Kier alpha value is -1.76. The number of hydrogen-bond acceptors (Lipinski definition) is 4. The molecule has 8 heteroatoms. The lowest BCUT2D eigenvalue weighted by Crippen LogP contribution is -2.14. The molecule has 0 aliphatic heterocycles. The Morgan fingerprint density at radius 1 is 1.18 bits per heavy atom. The number of thioether (sulfide) groups is 1. The highest BCUT2D eigenvalue weighted by molar-refractivity contribution is 8.00. The summed E-state index contributed by atoms with van der Waals surface area (Å²) in [4.78, 5) is 23.0. The second-order valence-corrected chi connectivity index (χ2v) is 6.11. The van der Waals surface area contributed by atoms with E-state index in [2.05, 4.69) is 5.32 Å². The van der Waals surface area contributed by atoms with E-state index in [0.29, 0.717) is 10.7 Å². The van der Waals surface area contributed by atoms with Crippen LogP contribution < -0.4 is 5.32 Å². The third-order valence-electron chi connectivity index (χ3n) is 2.61. The van der Waals surface area contributed by atoms with E-state index in [1.54, 1.807) is 12.1 Å². The van der Waals surface area contributed by atoms with Crippen LogP contribution in [-0.4, -0.2) is 16.6 Å². The Morgan fingerprint density at radius 2 is 1.86 bits per heavy atom. The average Bonchev–Trinajstić information content (AvgIpc) is 2.48. The van der Waals surface area contributed by atoms with Crippen LogP contribution in [0.25, 0.3) is 0 Å². The summed E-state index contributed by atoms with van der Waals surface area (Å²) in [5.41, 5.74) is 0.0858. The first-order valence-electron chi connectivity index (χ1n) is 6.08. The Morgan fingerprint density at radius 3 is 2.50 bits per heavy atom. The molecule has 0 atom stereocenters. The van der Waals surface area contributed by atoms with Crippen molar-refractivity contribution in [1.82, 2.24) is 0 Å². The predicted octanol–water partition coefficient (Wildman–Crippen LogP) is 4.63. The number of carbonyl (C=O) groups excluding carboxylic acids is 1. The van der Waals surface area contributed by atoms with Gasteiger partial charge in [0.05, 0.1) is 10.7 Å². The van der Waals surface area contributed by atoms with Crippen molar-refractivity contribution < 1.29 is 9.72 Å². The molecular formula is C14H10Cl2N2O3S. The van der Waals surface area contributed by atoms with E-state index in [1.807, 2.05) is 12.1 Å². The van der Waals surface area contributed by atoms with Crippen molar-refractivity contribution in [3.63, 3.8) is 0 Å². The summed E-state index contributed by atoms with van der Waals surface area (Å²) in [5, 5.41) is 14.0. The number of nitro benzene ring substituents is 1. The quantitative estimate of drug-likeness (QED) is 0.481. The van der Waals surface area contributed by atoms with Gasteiger partial charge in [0.15, 0.2) is 0 Å². The predicted molar refractivity (Wildman–Crippen MR) is 88.9 cm³/mol. The minimum absolute atomic E-state index is 0.0264. The summed E-state index contributed by atoms with van der Waals surface area (Å²) in [6.45, 7) is 0. The molecule has 0 aliphatic rings. The molecule has 1 amide bonds. The van der Waals surface area contributed by atoms with Crippen LogP contribution in [0.15, 0.2) is 47.4 Å². The number of halogens is 2. The van der Waals surface area contributed by atoms with Crippen LogP contribution in [0.2, 0.25) is 10.0 Å². The molecule has 2 aromatic carbocycles. The van der Waals surface area contributed by atoms with Crippen molar-refractivity contribution in [1.29, 1.82) is 0 Å². The number of nitrogens with zero attached hydrogens (tertiary/aromatic N) is 1. The number of nitrogens with one attached hydrogen (secondary N) is 1. The molecule has 0 saturated heterocycles. The van der Waals surface area contributed by atoms with Crippen LogP contribution in [0.4, 0.5) is 11.4 Å². The lowest BCUT2D eigenvalue weighted by molar-refractivity contribution is -0.384. The van der Waals surface area contributed by atoms with Gasteiger partial charge in [0.25, 0.3) is 5.69 Å². The largest absolute Gasteiger partial charge is 0.325 e. The summed E-state index contributed by atoms with van der Waals surface area (Å²) >= 11 is 12.8. The molecule has 0 heterocycles. The SMILES string of the molecule is O=C(CSc1ccc(Cl)cc1)Nc1ccc(Cl)c([N+](=O)[O-])c1. The van der Waals surface area contributed by atoms with Crippen molar-refractivity contribution in [2.45, 2.75) is 4.90 Å². The molecule has 0 radical (unpaired) electrons. The van der Waals surface area contributed by atoms with Crippen molar-refractivity contribution >= 4 is 52.2 Å². The summed E-state index contributed by atoms with van der Waals surface area (Å²) in [6.07, 6.45) is 0. The molecule has 0 bridgehead atoms. The number of anilines is 1. The van der Waals surface area contributed by atoms with Crippen LogP contribution in [0.1, 0.15) is 0 Å². The third-order valence-corrected chi connectivity index (χ3v) is 4.19. The van der Waals surface area contributed by atoms with Crippen molar-refractivity contribution in [3.8, 4) is 0 Å². The zero-order valence-electron chi connectivity index (χ0n) is 11.1. The molecule has 0 spiro atoms. The standard InChI is InChI=1S/C14H10Cl2N2O3S/c15-9-1-4-11(5-2-9)22-8-14(19)17-10-3-6-12(16)13(7-10)18(20)21/h1-7H,8H2,(H,17,19). The van der Waals surface area contributed by atoms with Gasteiger partial charge in [0.1, 0.15) is 5.02 Å². The molecule has 1 N–H and O–H groups in total. The Labute approximate surface area is 140 Å². The van der Waals surface area contributed by atoms with E-state index in [0.717, 1.165) is 4.90 Å². The van der Waals surface area contributed by atoms with E-state index in [-0.39, 0.29) is 22.4 Å². The average molecular weight is 357 g/mol. The van der Waals surface area contributed by atoms with Gasteiger partial charge < -0.3 is 5.32 Å². The highest BCUT2D eigenvalue weighted by Crippen LogP contribution is 2.27. The van der Waals surface area contributed by atoms with Gasteiger partial charge in [-0.25, -0.2) is 0 Å². The third kappa shape index (κ3) is 4.62. The molecule has 0 saturated carbocycles. The normalized spacial score (nSPS) is 10.3. The van der Waals surface area contributed by atoms with Gasteiger partial charge in [-0.2, -0.15) is 0 Å². The lowest BCUT2D eigenvalue weighted by atomic mass is 10.3. The molecule has 2 rings (SSSR count). The highest BCUT2D eigenvalue weighted by atomic mass is 35.5. The fourth-order valence-electron chi connectivity index (χ4n) is 1.61. The van der Waals surface area contributed by atoms with Crippen molar-refractivity contribution in [3.05, 3.63) is 62.6 Å².